The molecular formula is C15H31N3O. The van der Waals surface area contributed by atoms with Gasteiger partial charge in [0.15, 0.2) is 0 Å². The van der Waals surface area contributed by atoms with Crippen molar-refractivity contribution in [1.82, 2.24) is 4.90 Å². The lowest BCUT2D eigenvalue weighted by molar-refractivity contribution is 0.202. The highest BCUT2D eigenvalue weighted by molar-refractivity contribution is 5.85. The Morgan fingerprint density at radius 1 is 1.32 bits per heavy atom. The molecule has 1 aliphatic carbocycles. The summed E-state index contributed by atoms with van der Waals surface area (Å²) >= 11 is 0. The monoisotopic (exact) mass is 269 g/mol. The Morgan fingerprint density at radius 2 is 1.95 bits per heavy atom. The molecule has 0 heterocycles. The predicted octanol–water partition coefficient (Wildman–Crippen LogP) is 3.19. The average Bonchev–Trinajstić information content (AvgIpc) is 2.91. The Kier molecular flexibility index (Phi) is 6.63. The molecule has 3 N–H and O–H groups in total. The summed E-state index contributed by atoms with van der Waals surface area (Å²) in [5, 5.41) is 11.9. The number of oxime groups is 1. The first-order valence-corrected chi connectivity index (χ1v) is 7.73. The summed E-state index contributed by atoms with van der Waals surface area (Å²) < 4.78 is 0. The molecule has 0 aromatic carbocycles. The molecule has 0 amide bonds. The first kappa shape index (κ1) is 16.3. The van der Waals surface area contributed by atoms with Crippen molar-refractivity contribution in [1.29, 1.82) is 0 Å². The second kappa shape index (κ2) is 7.73. The molecule has 4 nitrogen and oxygen atoms in total. The van der Waals surface area contributed by atoms with Crippen LogP contribution in [0.15, 0.2) is 5.16 Å². The van der Waals surface area contributed by atoms with E-state index in [1.165, 1.54) is 38.6 Å². The highest BCUT2D eigenvalue weighted by Gasteiger charge is 2.24. The zero-order valence-electron chi connectivity index (χ0n) is 12.9. The fourth-order valence-electron chi connectivity index (χ4n) is 3.01. The second-order valence-electron chi connectivity index (χ2n) is 6.39. The fourth-order valence-corrected chi connectivity index (χ4v) is 3.01. The van der Waals surface area contributed by atoms with Crippen LogP contribution in [0.5, 0.6) is 0 Å². The summed E-state index contributed by atoms with van der Waals surface area (Å²) in [4.78, 5) is 2.63. The summed E-state index contributed by atoms with van der Waals surface area (Å²) in [6.45, 7) is 8.69. The molecule has 0 aliphatic heterocycles. The van der Waals surface area contributed by atoms with Gasteiger partial charge in [-0.05, 0) is 38.8 Å². The molecule has 1 fully saturated rings. The topological polar surface area (TPSA) is 61.8 Å². The Hall–Kier alpha value is -0.770. The van der Waals surface area contributed by atoms with E-state index in [1.807, 2.05) is 13.8 Å². The van der Waals surface area contributed by atoms with Crippen LogP contribution in [-0.2, 0) is 0 Å². The predicted molar refractivity (Wildman–Crippen MR) is 80.5 cm³/mol. The van der Waals surface area contributed by atoms with Crippen molar-refractivity contribution in [3.05, 3.63) is 0 Å². The maximum Gasteiger partial charge on any atom is 0.144 e. The van der Waals surface area contributed by atoms with Gasteiger partial charge in [-0.2, -0.15) is 0 Å². The van der Waals surface area contributed by atoms with E-state index in [0.717, 1.165) is 25.4 Å². The number of nitrogens with two attached hydrogens (primary N) is 1. The second-order valence-corrected chi connectivity index (χ2v) is 6.39. The van der Waals surface area contributed by atoms with Gasteiger partial charge in [0.1, 0.15) is 5.84 Å². The van der Waals surface area contributed by atoms with E-state index in [-0.39, 0.29) is 5.41 Å². The molecule has 0 spiro atoms. The first-order valence-electron chi connectivity index (χ1n) is 7.73. The molecule has 1 rings (SSSR count). The van der Waals surface area contributed by atoms with Gasteiger partial charge in [0.25, 0.3) is 0 Å². The number of hydrogen-bond donors (Lipinski definition) is 2. The summed E-state index contributed by atoms with van der Waals surface area (Å²) in [6, 6.07) is 0.821. The minimum atomic E-state index is -0.195. The van der Waals surface area contributed by atoms with Gasteiger partial charge >= 0.3 is 0 Å². The highest BCUT2D eigenvalue weighted by Crippen LogP contribution is 2.25. The number of hydrogen-bond acceptors (Lipinski definition) is 3. The van der Waals surface area contributed by atoms with Gasteiger partial charge < -0.3 is 15.8 Å². The molecule has 0 atom stereocenters. The lowest BCUT2D eigenvalue weighted by Crippen LogP contribution is -2.34. The first-order chi connectivity index (χ1) is 9.01. The van der Waals surface area contributed by atoms with Gasteiger partial charge in [0.05, 0.1) is 0 Å². The third-order valence-electron chi connectivity index (χ3n) is 4.55. The standard InChI is InChI=1S/C15H31N3O/c1-4-18(13-9-5-6-10-13)12-8-7-11-15(2,3)14(16)17-19/h13,19H,4-12H2,1-3H3,(H2,16,17). The van der Waals surface area contributed by atoms with E-state index < -0.39 is 0 Å². The summed E-state index contributed by atoms with van der Waals surface area (Å²) in [5.41, 5.74) is 5.51. The van der Waals surface area contributed by atoms with Crippen LogP contribution < -0.4 is 5.73 Å². The number of amidine groups is 1. The van der Waals surface area contributed by atoms with E-state index in [4.69, 9.17) is 10.9 Å². The Morgan fingerprint density at radius 3 is 2.47 bits per heavy atom. The van der Waals surface area contributed by atoms with Crippen LogP contribution in [-0.4, -0.2) is 35.1 Å². The number of unbranched alkanes of at least 4 members (excludes halogenated alkanes) is 1. The van der Waals surface area contributed by atoms with Crippen LogP contribution in [0, 0.1) is 5.41 Å². The fraction of sp³-hybridized carbons (Fsp3) is 0.933. The maximum atomic E-state index is 8.75. The third kappa shape index (κ3) is 5.01. The molecule has 1 saturated carbocycles. The Balaban J connectivity index is 2.25. The van der Waals surface area contributed by atoms with Crippen LogP contribution in [0.3, 0.4) is 0 Å². The molecule has 0 radical (unpaired) electrons. The molecule has 4 heteroatoms. The zero-order chi connectivity index (χ0) is 14.3. The van der Waals surface area contributed by atoms with Gasteiger partial charge in [0, 0.05) is 11.5 Å². The molecule has 112 valence electrons. The molecule has 1 aliphatic rings. The van der Waals surface area contributed by atoms with Crippen molar-refractivity contribution in [2.24, 2.45) is 16.3 Å². The summed E-state index contributed by atoms with van der Waals surface area (Å²) in [7, 11) is 0. The number of rotatable bonds is 8. The SMILES string of the molecule is CCN(CCCCC(C)(C)C(N)=NO)C1CCCC1. The van der Waals surface area contributed by atoms with Crippen molar-refractivity contribution in [3.8, 4) is 0 Å². The Bertz CT molecular complexity index is 283. The lowest BCUT2D eigenvalue weighted by atomic mass is 9.86. The van der Waals surface area contributed by atoms with Gasteiger partial charge in [-0.15, -0.1) is 0 Å². The molecule has 19 heavy (non-hydrogen) atoms. The van der Waals surface area contributed by atoms with Crippen LogP contribution in [0.2, 0.25) is 0 Å². The van der Waals surface area contributed by atoms with Crippen LogP contribution in [0.25, 0.3) is 0 Å². The third-order valence-corrected chi connectivity index (χ3v) is 4.55. The minimum Gasteiger partial charge on any atom is -0.409 e. The van der Waals surface area contributed by atoms with Crippen molar-refractivity contribution in [3.63, 3.8) is 0 Å². The maximum absolute atomic E-state index is 8.75. The molecule has 0 aromatic rings. The van der Waals surface area contributed by atoms with Crippen molar-refractivity contribution < 1.29 is 5.21 Å². The molecule has 0 saturated heterocycles. The van der Waals surface area contributed by atoms with E-state index in [0.29, 0.717) is 5.84 Å². The molecule has 0 unspecified atom stereocenters. The minimum absolute atomic E-state index is 0.195. The highest BCUT2D eigenvalue weighted by atomic mass is 16.4. The normalized spacial score (nSPS) is 18.4. The van der Waals surface area contributed by atoms with E-state index >= 15 is 0 Å². The van der Waals surface area contributed by atoms with Crippen LogP contribution in [0.4, 0.5) is 0 Å². The van der Waals surface area contributed by atoms with Crippen molar-refractivity contribution in [2.45, 2.75) is 71.8 Å². The van der Waals surface area contributed by atoms with Gasteiger partial charge in [0.2, 0.25) is 0 Å². The van der Waals surface area contributed by atoms with Gasteiger partial charge in [-0.25, -0.2) is 0 Å². The van der Waals surface area contributed by atoms with Gasteiger partial charge in [-0.1, -0.05) is 45.2 Å². The summed E-state index contributed by atoms with van der Waals surface area (Å²) in [5.74, 6) is 0.343. The largest absolute Gasteiger partial charge is 0.409 e. The van der Waals surface area contributed by atoms with Crippen molar-refractivity contribution >= 4 is 5.84 Å². The van der Waals surface area contributed by atoms with Crippen LogP contribution >= 0.6 is 0 Å². The average molecular weight is 269 g/mol. The zero-order valence-corrected chi connectivity index (χ0v) is 12.9. The summed E-state index contributed by atoms with van der Waals surface area (Å²) in [6.07, 6.45) is 8.87. The van der Waals surface area contributed by atoms with E-state index in [2.05, 4.69) is 17.0 Å². The van der Waals surface area contributed by atoms with Gasteiger partial charge in [-0.3, -0.25) is 0 Å². The van der Waals surface area contributed by atoms with Crippen molar-refractivity contribution in [2.75, 3.05) is 13.1 Å². The molecular weight excluding hydrogens is 238 g/mol. The quantitative estimate of drug-likeness (QED) is 0.234. The Labute approximate surface area is 118 Å². The smallest absolute Gasteiger partial charge is 0.144 e. The van der Waals surface area contributed by atoms with E-state index in [1.54, 1.807) is 0 Å². The molecule has 0 bridgehead atoms. The lowest BCUT2D eigenvalue weighted by Gasteiger charge is -2.28. The number of nitrogens with zero attached hydrogens (tertiary/aromatic N) is 2. The van der Waals surface area contributed by atoms with Crippen LogP contribution in [0.1, 0.15) is 65.7 Å². The van der Waals surface area contributed by atoms with E-state index in [9.17, 15) is 0 Å². The molecule has 0 aromatic heterocycles.